The summed E-state index contributed by atoms with van der Waals surface area (Å²) in [6.45, 7) is 2.74. The van der Waals surface area contributed by atoms with E-state index in [1.807, 2.05) is 0 Å². The summed E-state index contributed by atoms with van der Waals surface area (Å²) >= 11 is 6.05. The Morgan fingerprint density at radius 2 is 2.24 bits per heavy atom. The van der Waals surface area contributed by atoms with Crippen LogP contribution in [0.2, 0.25) is 5.02 Å². The van der Waals surface area contributed by atoms with Crippen LogP contribution in [0.5, 0.6) is 5.88 Å². The van der Waals surface area contributed by atoms with Crippen LogP contribution in [0.25, 0.3) is 11.0 Å². The lowest BCUT2D eigenvalue weighted by atomic mass is 10.1. The highest BCUT2D eigenvalue weighted by Crippen LogP contribution is 2.29. The number of aromatic amines is 1. The third-order valence-corrected chi connectivity index (χ3v) is 6.65. The first-order valence-corrected chi connectivity index (χ1v) is 12.2. The summed E-state index contributed by atoms with van der Waals surface area (Å²) in [4.78, 5) is 17.0. The van der Waals surface area contributed by atoms with Gasteiger partial charge in [0.1, 0.15) is 6.10 Å². The average molecular weight is 498 g/mol. The second-order valence-electron chi connectivity index (χ2n) is 7.41. The standard InChI is InChI=1S/C20H21ClFN5O5S/c1-2-7-33(29,30)27-15-4-3-14(21)16(17(15)22)19(28)24-11-8-13-18(23-9-11)25-26-20(13)32-12-5-6-31-10-12/h3-4,8-9,12,27H,2,5-7,10H2,1H3,(H,24,28)(H,23,25,26). The Balaban J connectivity index is 1.58. The van der Waals surface area contributed by atoms with E-state index >= 15 is 4.39 Å². The monoisotopic (exact) mass is 497 g/mol. The fourth-order valence-electron chi connectivity index (χ4n) is 3.32. The van der Waals surface area contributed by atoms with Gasteiger partial charge in [0.15, 0.2) is 11.5 Å². The molecule has 13 heteroatoms. The molecule has 33 heavy (non-hydrogen) atoms. The third kappa shape index (κ3) is 5.18. The van der Waals surface area contributed by atoms with Gasteiger partial charge in [-0.2, -0.15) is 0 Å². The van der Waals surface area contributed by atoms with E-state index < -0.39 is 27.3 Å². The van der Waals surface area contributed by atoms with Crippen LogP contribution in [0.3, 0.4) is 0 Å². The van der Waals surface area contributed by atoms with Crippen LogP contribution < -0.4 is 14.8 Å². The molecule has 0 radical (unpaired) electrons. The highest BCUT2D eigenvalue weighted by Gasteiger charge is 2.23. The Morgan fingerprint density at radius 1 is 1.42 bits per heavy atom. The van der Waals surface area contributed by atoms with E-state index in [1.54, 1.807) is 13.0 Å². The number of rotatable bonds is 8. The Bertz CT molecular complexity index is 1290. The molecule has 1 aliphatic rings. The van der Waals surface area contributed by atoms with Crippen molar-refractivity contribution in [3.63, 3.8) is 0 Å². The molecule has 4 rings (SSSR count). The molecule has 0 spiro atoms. The number of pyridine rings is 1. The molecule has 0 bridgehead atoms. The van der Waals surface area contributed by atoms with Gasteiger partial charge >= 0.3 is 0 Å². The predicted octanol–water partition coefficient (Wildman–Crippen LogP) is 3.32. The maximum Gasteiger partial charge on any atom is 0.260 e. The number of H-pyrrole nitrogens is 1. The molecule has 3 aromatic rings. The second kappa shape index (κ2) is 9.49. The summed E-state index contributed by atoms with van der Waals surface area (Å²) in [6.07, 6.45) is 2.30. The van der Waals surface area contributed by atoms with Crippen LogP contribution in [0.1, 0.15) is 30.1 Å². The molecular weight excluding hydrogens is 477 g/mol. The van der Waals surface area contributed by atoms with Gasteiger partial charge in [-0.1, -0.05) is 18.5 Å². The highest BCUT2D eigenvalue weighted by atomic mass is 35.5. The van der Waals surface area contributed by atoms with E-state index in [2.05, 4.69) is 25.2 Å². The van der Waals surface area contributed by atoms with E-state index in [0.29, 0.717) is 36.5 Å². The minimum absolute atomic E-state index is 0.137. The Morgan fingerprint density at radius 3 is 2.97 bits per heavy atom. The molecule has 10 nitrogen and oxygen atoms in total. The maximum absolute atomic E-state index is 15.0. The second-order valence-corrected chi connectivity index (χ2v) is 9.66. The van der Waals surface area contributed by atoms with Gasteiger partial charge in [-0.25, -0.2) is 17.8 Å². The third-order valence-electron chi connectivity index (χ3n) is 4.86. The number of carbonyl (C=O) groups excluding carboxylic acids is 1. The molecule has 176 valence electrons. The van der Waals surface area contributed by atoms with Gasteiger partial charge in [-0.15, -0.1) is 5.10 Å². The summed E-state index contributed by atoms with van der Waals surface area (Å²) < 4.78 is 52.3. The Kier molecular flexibility index (Phi) is 6.68. The number of carbonyl (C=O) groups is 1. The molecule has 1 saturated heterocycles. The van der Waals surface area contributed by atoms with Gasteiger partial charge in [-0.05, 0) is 24.6 Å². The summed E-state index contributed by atoms with van der Waals surface area (Å²) in [6, 6.07) is 3.99. The predicted molar refractivity (Wildman–Crippen MR) is 121 cm³/mol. The number of anilines is 2. The van der Waals surface area contributed by atoms with Gasteiger partial charge in [0, 0.05) is 6.42 Å². The number of benzene rings is 1. The molecule has 1 amide bonds. The number of aromatic nitrogens is 3. The van der Waals surface area contributed by atoms with Crippen molar-refractivity contribution in [2.75, 3.05) is 29.0 Å². The zero-order valence-corrected chi connectivity index (χ0v) is 19.1. The molecule has 0 saturated carbocycles. The van der Waals surface area contributed by atoms with Crippen molar-refractivity contribution >= 4 is 49.9 Å². The molecule has 2 aromatic heterocycles. The van der Waals surface area contributed by atoms with Gasteiger partial charge in [-0.3, -0.25) is 14.6 Å². The van der Waals surface area contributed by atoms with Crippen LogP contribution in [0, 0.1) is 5.82 Å². The van der Waals surface area contributed by atoms with Crippen molar-refractivity contribution in [2.45, 2.75) is 25.9 Å². The number of halogens is 2. The number of sulfonamides is 1. The number of hydrogen-bond acceptors (Lipinski definition) is 7. The van der Waals surface area contributed by atoms with Gasteiger partial charge in [0.2, 0.25) is 15.9 Å². The van der Waals surface area contributed by atoms with Crippen molar-refractivity contribution in [1.29, 1.82) is 0 Å². The number of hydrogen-bond donors (Lipinski definition) is 3. The van der Waals surface area contributed by atoms with Gasteiger partial charge in [0.25, 0.3) is 5.91 Å². The molecule has 1 atom stereocenters. The van der Waals surface area contributed by atoms with Crippen LogP contribution in [0.4, 0.5) is 15.8 Å². The molecule has 1 aromatic carbocycles. The zero-order valence-electron chi connectivity index (χ0n) is 17.5. The Labute approximate surface area is 193 Å². The van der Waals surface area contributed by atoms with Crippen LogP contribution in [-0.2, 0) is 14.8 Å². The fourth-order valence-corrected chi connectivity index (χ4v) is 4.69. The van der Waals surface area contributed by atoms with E-state index in [4.69, 9.17) is 21.1 Å². The van der Waals surface area contributed by atoms with Crippen molar-refractivity contribution in [1.82, 2.24) is 15.2 Å². The number of ether oxygens (including phenoxy) is 2. The summed E-state index contributed by atoms with van der Waals surface area (Å²) in [7, 11) is -3.76. The van der Waals surface area contributed by atoms with Crippen molar-refractivity contribution in [3.8, 4) is 5.88 Å². The molecule has 1 unspecified atom stereocenters. The lowest BCUT2D eigenvalue weighted by Gasteiger charge is -2.13. The average Bonchev–Trinajstić information content (AvgIpc) is 3.41. The summed E-state index contributed by atoms with van der Waals surface area (Å²) in [5.41, 5.74) is -0.177. The summed E-state index contributed by atoms with van der Waals surface area (Å²) in [5, 5.41) is 9.73. The smallest absolute Gasteiger partial charge is 0.260 e. The molecular formula is C20H21ClFN5O5S. The van der Waals surface area contributed by atoms with Crippen LogP contribution >= 0.6 is 11.6 Å². The molecule has 0 aliphatic carbocycles. The van der Waals surface area contributed by atoms with Crippen LogP contribution in [-0.4, -0.2) is 54.6 Å². The molecule has 1 aliphatic heterocycles. The lowest BCUT2D eigenvalue weighted by molar-refractivity contribution is 0.102. The Hall–Kier alpha value is -2.96. The highest BCUT2D eigenvalue weighted by molar-refractivity contribution is 7.92. The van der Waals surface area contributed by atoms with E-state index in [0.717, 1.165) is 12.5 Å². The SMILES string of the molecule is CCCS(=O)(=O)Nc1ccc(Cl)c(C(=O)Nc2cnc3[nH]nc(OC4CCOC4)c3c2)c1F. The van der Waals surface area contributed by atoms with Gasteiger partial charge < -0.3 is 14.8 Å². The number of amides is 1. The number of nitrogens with zero attached hydrogens (tertiary/aromatic N) is 2. The molecule has 1 fully saturated rings. The first-order chi connectivity index (χ1) is 15.8. The van der Waals surface area contributed by atoms with Crippen molar-refractivity contribution < 1.29 is 27.1 Å². The van der Waals surface area contributed by atoms with E-state index in [1.165, 1.54) is 12.3 Å². The minimum atomic E-state index is -3.76. The molecule has 3 N–H and O–H groups in total. The van der Waals surface area contributed by atoms with Gasteiger partial charge in [0.05, 0.1) is 52.5 Å². The first kappa shape index (κ1) is 23.2. The summed E-state index contributed by atoms with van der Waals surface area (Å²) in [5.74, 6) is -1.84. The normalized spacial score (nSPS) is 16.2. The van der Waals surface area contributed by atoms with E-state index in [9.17, 15) is 13.2 Å². The van der Waals surface area contributed by atoms with Crippen molar-refractivity contribution in [2.24, 2.45) is 0 Å². The quantitative estimate of drug-likeness (QED) is 0.434. The topological polar surface area (TPSA) is 135 Å². The van der Waals surface area contributed by atoms with E-state index in [-0.39, 0.29) is 28.3 Å². The zero-order chi connectivity index (χ0) is 23.6. The number of fused-ring (bicyclic) bond motifs is 1. The minimum Gasteiger partial charge on any atom is -0.470 e. The number of nitrogens with one attached hydrogen (secondary N) is 3. The van der Waals surface area contributed by atoms with Crippen molar-refractivity contribution in [3.05, 3.63) is 40.8 Å². The first-order valence-electron chi connectivity index (χ1n) is 10.2. The fraction of sp³-hybridized carbons (Fsp3) is 0.350. The van der Waals surface area contributed by atoms with Crippen LogP contribution in [0.15, 0.2) is 24.4 Å². The maximum atomic E-state index is 15.0. The molecule has 3 heterocycles. The lowest BCUT2D eigenvalue weighted by Crippen LogP contribution is -2.20. The largest absolute Gasteiger partial charge is 0.470 e.